The van der Waals surface area contributed by atoms with E-state index in [9.17, 15) is 9.59 Å². The molecular weight excluding hydrogens is 372 g/mol. The van der Waals surface area contributed by atoms with Gasteiger partial charge >= 0.3 is 0 Å². The molecule has 1 heterocycles. The molecule has 1 aliphatic rings. The Bertz CT molecular complexity index is 901. The van der Waals surface area contributed by atoms with Gasteiger partial charge in [-0.1, -0.05) is 33.3 Å². The number of rotatable bonds is 6. The highest BCUT2D eigenvalue weighted by atomic mass is 32.1. The van der Waals surface area contributed by atoms with E-state index in [0.29, 0.717) is 27.8 Å². The average molecular weight is 401 g/mol. The van der Waals surface area contributed by atoms with Crippen molar-refractivity contribution < 1.29 is 14.3 Å². The zero-order valence-electron chi connectivity index (χ0n) is 16.9. The molecule has 1 atom stereocenters. The Morgan fingerprint density at radius 2 is 2.11 bits per heavy atom. The van der Waals surface area contributed by atoms with E-state index in [1.54, 1.807) is 31.4 Å². The lowest BCUT2D eigenvalue weighted by Crippen LogP contribution is -2.29. The van der Waals surface area contributed by atoms with Crippen molar-refractivity contribution in [3.8, 4) is 5.75 Å². The zero-order valence-corrected chi connectivity index (χ0v) is 17.7. The van der Waals surface area contributed by atoms with Crippen molar-refractivity contribution >= 4 is 28.2 Å². The fourth-order valence-corrected chi connectivity index (χ4v) is 5.16. The number of nitrogens with one attached hydrogen (secondary N) is 1. The first kappa shape index (κ1) is 20.4. The fraction of sp³-hybridized carbons (Fsp3) is 0.455. The number of anilines is 1. The summed E-state index contributed by atoms with van der Waals surface area (Å²) in [6.07, 6.45) is 3.90. The first-order valence-electron chi connectivity index (χ1n) is 9.66. The Labute approximate surface area is 170 Å². The molecule has 0 saturated heterocycles. The van der Waals surface area contributed by atoms with Crippen molar-refractivity contribution in [3.05, 3.63) is 45.8 Å². The standard InChI is InChI=1S/C22H28N2O3S/c1-5-22(2,3)14-9-10-16-17(12-14)28-21(18(16)19(23)25)24-20(26)13-7-6-8-15(11-13)27-4/h6-8,11,14H,5,9-10,12H2,1-4H3,(H2,23,25)(H,24,26). The van der Waals surface area contributed by atoms with Crippen LogP contribution in [-0.4, -0.2) is 18.9 Å². The number of amides is 2. The Morgan fingerprint density at radius 1 is 1.36 bits per heavy atom. The van der Waals surface area contributed by atoms with Gasteiger partial charge in [0.25, 0.3) is 11.8 Å². The number of carbonyl (C=O) groups is 2. The van der Waals surface area contributed by atoms with Gasteiger partial charge in [-0.15, -0.1) is 11.3 Å². The molecule has 0 radical (unpaired) electrons. The van der Waals surface area contributed by atoms with E-state index in [4.69, 9.17) is 10.5 Å². The van der Waals surface area contributed by atoms with Crippen LogP contribution in [0.15, 0.2) is 24.3 Å². The van der Waals surface area contributed by atoms with Crippen LogP contribution in [0.3, 0.4) is 0 Å². The summed E-state index contributed by atoms with van der Waals surface area (Å²) in [5.74, 6) is 0.418. The molecule has 1 unspecified atom stereocenters. The number of hydrogen-bond acceptors (Lipinski definition) is 4. The summed E-state index contributed by atoms with van der Waals surface area (Å²) in [5, 5.41) is 3.46. The summed E-state index contributed by atoms with van der Waals surface area (Å²) in [6, 6.07) is 6.94. The molecule has 1 aromatic heterocycles. The Morgan fingerprint density at radius 3 is 2.75 bits per heavy atom. The molecule has 1 aliphatic carbocycles. The zero-order chi connectivity index (χ0) is 20.5. The van der Waals surface area contributed by atoms with Crippen molar-refractivity contribution in [1.29, 1.82) is 0 Å². The Balaban J connectivity index is 1.90. The van der Waals surface area contributed by atoms with Gasteiger partial charge < -0.3 is 15.8 Å². The van der Waals surface area contributed by atoms with Crippen LogP contribution >= 0.6 is 11.3 Å². The van der Waals surface area contributed by atoms with E-state index in [-0.39, 0.29) is 11.3 Å². The minimum Gasteiger partial charge on any atom is -0.497 e. The predicted octanol–water partition coefficient (Wildman–Crippen LogP) is 4.65. The van der Waals surface area contributed by atoms with Crippen molar-refractivity contribution in [2.75, 3.05) is 12.4 Å². The lowest BCUT2D eigenvalue weighted by atomic mass is 9.69. The third kappa shape index (κ3) is 3.92. The number of methoxy groups -OCH3 is 1. The Kier molecular flexibility index (Phi) is 5.79. The van der Waals surface area contributed by atoms with Gasteiger partial charge in [0.05, 0.1) is 12.7 Å². The van der Waals surface area contributed by atoms with Crippen LogP contribution in [0, 0.1) is 11.3 Å². The molecule has 0 fully saturated rings. The average Bonchev–Trinajstić information content (AvgIpc) is 3.05. The number of hydrogen-bond donors (Lipinski definition) is 2. The van der Waals surface area contributed by atoms with Gasteiger partial charge in [-0.25, -0.2) is 0 Å². The molecule has 5 nitrogen and oxygen atoms in total. The summed E-state index contributed by atoms with van der Waals surface area (Å²) < 4.78 is 5.19. The predicted molar refractivity (Wildman–Crippen MR) is 113 cm³/mol. The van der Waals surface area contributed by atoms with Gasteiger partial charge in [0.1, 0.15) is 10.8 Å². The molecule has 6 heteroatoms. The molecule has 150 valence electrons. The van der Waals surface area contributed by atoms with E-state index >= 15 is 0 Å². The number of fused-ring (bicyclic) bond motifs is 1. The maximum atomic E-state index is 12.7. The maximum Gasteiger partial charge on any atom is 0.256 e. The number of benzene rings is 1. The van der Waals surface area contributed by atoms with Gasteiger partial charge in [0.15, 0.2) is 0 Å². The van der Waals surface area contributed by atoms with E-state index in [1.165, 1.54) is 16.2 Å². The second kappa shape index (κ2) is 7.95. The molecule has 0 bridgehead atoms. The van der Waals surface area contributed by atoms with Gasteiger partial charge in [0.2, 0.25) is 0 Å². The second-order valence-corrected chi connectivity index (χ2v) is 9.15. The molecule has 1 aromatic carbocycles. The fourth-order valence-electron chi connectivity index (χ4n) is 3.83. The first-order chi connectivity index (χ1) is 13.3. The lowest BCUT2D eigenvalue weighted by Gasteiger charge is -2.36. The topological polar surface area (TPSA) is 81.4 Å². The SMILES string of the molecule is CCC(C)(C)C1CCc2c(sc(NC(=O)c3cccc(OC)c3)c2C(N)=O)C1. The van der Waals surface area contributed by atoms with Crippen LogP contribution in [0.1, 0.15) is 64.8 Å². The third-order valence-electron chi connectivity index (χ3n) is 6.09. The summed E-state index contributed by atoms with van der Waals surface area (Å²) in [5.41, 5.74) is 7.90. The van der Waals surface area contributed by atoms with E-state index in [1.807, 2.05) is 0 Å². The van der Waals surface area contributed by atoms with Crippen LogP contribution in [0.2, 0.25) is 0 Å². The van der Waals surface area contributed by atoms with Crippen molar-refractivity contribution in [2.45, 2.75) is 46.5 Å². The van der Waals surface area contributed by atoms with Crippen LogP contribution < -0.4 is 15.8 Å². The molecule has 28 heavy (non-hydrogen) atoms. The number of carbonyl (C=O) groups excluding carboxylic acids is 2. The summed E-state index contributed by atoms with van der Waals surface area (Å²) in [7, 11) is 1.56. The second-order valence-electron chi connectivity index (χ2n) is 8.04. The van der Waals surface area contributed by atoms with Crippen molar-refractivity contribution in [3.63, 3.8) is 0 Å². The Hall–Kier alpha value is -2.34. The van der Waals surface area contributed by atoms with E-state index in [2.05, 4.69) is 26.1 Å². The summed E-state index contributed by atoms with van der Waals surface area (Å²) in [6.45, 7) is 6.83. The molecule has 2 aromatic rings. The first-order valence-corrected chi connectivity index (χ1v) is 10.5. The van der Waals surface area contributed by atoms with E-state index < -0.39 is 5.91 Å². The molecule has 3 N–H and O–H groups in total. The van der Waals surface area contributed by atoms with Crippen molar-refractivity contribution in [1.82, 2.24) is 0 Å². The monoisotopic (exact) mass is 400 g/mol. The summed E-state index contributed by atoms with van der Waals surface area (Å²) >= 11 is 1.49. The van der Waals surface area contributed by atoms with Crippen LogP contribution in [0.25, 0.3) is 0 Å². The molecule has 0 spiro atoms. The highest BCUT2D eigenvalue weighted by Crippen LogP contribution is 2.45. The minimum absolute atomic E-state index is 0.249. The van der Waals surface area contributed by atoms with Gasteiger partial charge in [-0.3, -0.25) is 9.59 Å². The highest BCUT2D eigenvalue weighted by Gasteiger charge is 2.35. The van der Waals surface area contributed by atoms with E-state index in [0.717, 1.165) is 31.2 Å². The largest absolute Gasteiger partial charge is 0.497 e. The van der Waals surface area contributed by atoms with Gasteiger partial charge in [-0.05, 0) is 54.4 Å². The lowest BCUT2D eigenvalue weighted by molar-refractivity contribution is 0.0999. The maximum absolute atomic E-state index is 12.7. The molecule has 3 rings (SSSR count). The van der Waals surface area contributed by atoms with Gasteiger partial charge in [0, 0.05) is 10.4 Å². The number of primary amides is 1. The highest BCUT2D eigenvalue weighted by molar-refractivity contribution is 7.17. The number of ether oxygens (including phenoxy) is 1. The number of thiophene rings is 1. The van der Waals surface area contributed by atoms with Crippen molar-refractivity contribution in [2.24, 2.45) is 17.1 Å². The molecule has 0 aliphatic heterocycles. The molecule has 0 saturated carbocycles. The molecular formula is C22H28N2O3S. The minimum atomic E-state index is -0.480. The summed E-state index contributed by atoms with van der Waals surface area (Å²) in [4.78, 5) is 26.1. The smallest absolute Gasteiger partial charge is 0.256 e. The molecule has 2 amide bonds. The van der Waals surface area contributed by atoms with Crippen LogP contribution in [-0.2, 0) is 12.8 Å². The van der Waals surface area contributed by atoms with Gasteiger partial charge in [-0.2, -0.15) is 0 Å². The van der Waals surface area contributed by atoms with Crippen LogP contribution in [0.4, 0.5) is 5.00 Å². The van der Waals surface area contributed by atoms with Crippen LogP contribution in [0.5, 0.6) is 5.75 Å². The third-order valence-corrected chi connectivity index (χ3v) is 7.26. The quantitative estimate of drug-likeness (QED) is 0.740. The normalized spacial score (nSPS) is 16.4. The number of nitrogens with two attached hydrogens (primary N) is 1.